The number of hydrazine groups is 1. The molecule has 1 aromatic rings. The van der Waals surface area contributed by atoms with Gasteiger partial charge in [0.25, 0.3) is 0 Å². The van der Waals surface area contributed by atoms with Gasteiger partial charge in [0.2, 0.25) is 0 Å². The molecule has 0 amide bonds. The van der Waals surface area contributed by atoms with Gasteiger partial charge in [-0.2, -0.15) is 0 Å². The Labute approximate surface area is 97.4 Å². The number of rotatable bonds is 6. The van der Waals surface area contributed by atoms with Crippen LogP contribution in [0.1, 0.15) is 5.56 Å². The number of benzene rings is 1. The maximum absolute atomic E-state index is 3.81. The molecule has 0 heterocycles. The second kappa shape index (κ2) is 7.49. The number of hydrogen-bond acceptors (Lipinski definition) is 2. The first kappa shape index (κ1) is 12.3. The smallest absolute Gasteiger partial charge is 0.0415 e. The standard InChI is InChI=1S/C14H18N2/c1-13(16-15-2)9-5-3-6-10-14-11-7-4-8-12-14/h3-9,11-12,15-16H,1,10H2,2H3/b6-3?,9-5-. The molecule has 1 rings (SSSR count). The predicted octanol–water partition coefficient (Wildman–Crippen LogP) is 2.58. The van der Waals surface area contributed by atoms with Crippen LogP contribution >= 0.6 is 0 Å². The Kier molecular flexibility index (Phi) is 5.74. The first-order chi connectivity index (χ1) is 7.83. The Hall–Kier alpha value is -1.80. The van der Waals surface area contributed by atoms with Gasteiger partial charge in [0.1, 0.15) is 0 Å². The average molecular weight is 214 g/mol. The van der Waals surface area contributed by atoms with Gasteiger partial charge in [0, 0.05) is 12.7 Å². The number of nitrogens with one attached hydrogen (secondary N) is 2. The van der Waals surface area contributed by atoms with Crippen molar-refractivity contribution in [2.75, 3.05) is 7.05 Å². The lowest BCUT2D eigenvalue weighted by Gasteiger charge is -2.00. The molecular weight excluding hydrogens is 196 g/mol. The molecule has 0 unspecified atom stereocenters. The lowest BCUT2D eigenvalue weighted by Crippen LogP contribution is -2.24. The van der Waals surface area contributed by atoms with Gasteiger partial charge in [-0.15, -0.1) is 0 Å². The summed E-state index contributed by atoms with van der Waals surface area (Å²) in [7, 11) is 1.81. The van der Waals surface area contributed by atoms with Gasteiger partial charge in [-0.25, -0.2) is 5.43 Å². The molecular formula is C14H18N2. The molecule has 2 nitrogen and oxygen atoms in total. The molecule has 0 radical (unpaired) electrons. The first-order valence-corrected chi connectivity index (χ1v) is 5.31. The highest BCUT2D eigenvalue weighted by Crippen LogP contribution is 2.00. The summed E-state index contributed by atoms with van der Waals surface area (Å²) in [6, 6.07) is 10.4. The second-order valence-corrected chi connectivity index (χ2v) is 3.38. The van der Waals surface area contributed by atoms with Crippen LogP contribution in [-0.4, -0.2) is 7.05 Å². The lowest BCUT2D eigenvalue weighted by atomic mass is 10.1. The maximum Gasteiger partial charge on any atom is 0.0415 e. The summed E-state index contributed by atoms with van der Waals surface area (Å²) in [6.07, 6.45) is 8.98. The first-order valence-electron chi connectivity index (χ1n) is 5.31. The van der Waals surface area contributed by atoms with Crippen molar-refractivity contribution >= 4 is 0 Å². The minimum Gasteiger partial charge on any atom is -0.322 e. The Morgan fingerprint density at radius 3 is 2.69 bits per heavy atom. The summed E-state index contributed by atoms with van der Waals surface area (Å²) in [5.74, 6) is 0. The fourth-order valence-electron chi connectivity index (χ4n) is 1.27. The largest absolute Gasteiger partial charge is 0.322 e. The molecule has 0 aromatic heterocycles. The van der Waals surface area contributed by atoms with Crippen molar-refractivity contribution in [1.82, 2.24) is 10.9 Å². The molecule has 0 aliphatic heterocycles. The van der Waals surface area contributed by atoms with Crippen LogP contribution in [0, 0.1) is 0 Å². The highest BCUT2D eigenvalue weighted by Gasteiger charge is 1.84. The van der Waals surface area contributed by atoms with Crippen molar-refractivity contribution in [3.05, 3.63) is 72.5 Å². The number of hydrogen-bond donors (Lipinski definition) is 2. The fourth-order valence-corrected chi connectivity index (χ4v) is 1.27. The van der Waals surface area contributed by atoms with E-state index in [0.29, 0.717) is 0 Å². The Morgan fingerprint density at radius 1 is 1.25 bits per heavy atom. The molecule has 0 atom stereocenters. The van der Waals surface area contributed by atoms with E-state index < -0.39 is 0 Å². The zero-order valence-corrected chi connectivity index (χ0v) is 9.61. The van der Waals surface area contributed by atoms with Crippen LogP contribution in [0.15, 0.2) is 66.9 Å². The van der Waals surface area contributed by atoms with E-state index in [1.54, 1.807) is 0 Å². The Bertz CT molecular complexity index is 364. The molecule has 16 heavy (non-hydrogen) atoms. The van der Waals surface area contributed by atoms with Gasteiger partial charge < -0.3 is 5.43 Å². The van der Waals surface area contributed by atoms with Crippen LogP contribution < -0.4 is 10.9 Å². The summed E-state index contributed by atoms with van der Waals surface area (Å²) >= 11 is 0. The average Bonchev–Trinajstić information content (AvgIpc) is 2.30. The molecule has 84 valence electrons. The fraction of sp³-hybridized carbons (Fsp3) is 0.143. The normalized spacial score (nSPS) is 11.1. The SMILES string of the molecule is C=C(/C=C\C=CCc1ccccc1)NNC. The van der Waals surface area contributed by atoms with Crippen molar-refractivity contribution in [3.8, 4) is 0 Å². The summed E-state index contributed by atoms with van der Waals surface area (Å²) in [6.45, 7) is 3.81. The van der Waals surface area contributed by atoms with Crippen LogP contribution in [-0.2, 0) is 6.42 Å². The van der Waals surface area contributed by atoms with E-state index in [0.717, 1.165) is 12.1 Å². The molecule has 0 saturated heterocycles. The van der Waals surface area contributed by atoms with Gasteiger partial charge in [-0.1, -0.05) is 55.1 Å². The van der Waals surface area contributed by atoms with Crippen molar-refractivity contribution in [1.29, 1.82) is 0 Å². The van der Waals surface area contributed by atoms with Gasteiger partial charge >= 0.3 is 0 Å². The second-order valence-electron chi connectivity index (χ2n) is 3.38. The van der Waals surface area contributed by atoms with Crippen LogP contribution in [0.3, 0.4) is 0 Å². The highest BCUT2D eigenvalue weighted by molar-refractivity contribution is 5.21. The molecule has 1 aromatic carbocycles. The zero-order chi connectivity index (χ0) is 11.6. The molecule has 0 aliphatic rings. The summed E-state index contributed by atoms with van der Waals surface area (Å²) in [4.78, 5) is 0. The molecule has 0 spiro atoms. The Morgan fingerprint density at radius 2 is 2.00 bits per heavy atom. The minimum atomic E-state index is 0.840. The summed E-state index contributed by atoms with van der Waals surface area (Å²) < 4.78 is 0. The highest BCUT2D eigenvalue weighted by atomic mass is 15.3. The third kappa shape index (κ3) is 5.17. The van der Waals surface area contributed by atoms with Gasteiger partial charge in [0.05, 0.1) is 0 Å². The molecule has 0 aliphatic carbocycles. The van der Waals surface area contributed by atoms with Crippen molar-refractivity contribution in [2.45, 2.75) is 6.42 Å². The van der Waals surface area contributed by atoms with E-state index in [-0.39, 0.29) is 0 Å². The topological polar surface area (TPSA) is 24.1 Å². The Balaban J connectivity index is 2.30. The minimum absolute atomic E-state index is 0.840. The van der Waals surface area contributed by atoms with Gasteiger partial charge in [-0.05, 0) is 18.1 Å². The van der Waals surface area contributed by atoms with E-state index in [1.807, 2.05) is 31.3 Å². The number of allylic oxidation sites excluding steroid dienone is 4. The maximum atomic E-state index is 3.81. The van der Waals surface area contributed by atoms with Crippen molar-refractivity contribution < 1.29 is 0 Å². The van der Waals surface area contributed by atoms with Crippen molar-refractivity contribution in [2.24, 2.45) is 0 Å². The third-order valence-electron chi connectivity index (χ3n) is 2.03. The van der Waals surface area contributed by atoms with Crippen LogP contribution in [0.4, 0.5) is 0 Å². The zero-order valence-electron chi connectivity index (χ0n) is 9.61. The van der Waals surface area contributed by atoms with Crippen LogP contribution in [0.25, 0.3) is 0 Å². The molecule has 2 N–H and O–H groups in total. The molecule has 2 heteroatoms. The summed E-state index contributed by atoms with van der Waals surface area (Å²) in [5.41, 5.74) is 7.86. The quantitative estimate of drug-likeness (QED) is 0.562. The van der Waals surface area contributed by atoms with Crippen LogP contribution in [0.2, 0.25) is 0 Å². The lowest BCUT2D eigenvalue weighted by molar-refractivity contribution is 0.706. The van der Waals surface area contributed by atoms with Gasteiger partial charge in [-0.3, -0.25) is 0 Å². The van der Waals surface area contributed by atoms with Gasteiger partial charge in [0.15, 0.2) is 0 Å². The van der Waals surface area contributed by atoms with E-state index in [9.17, 15) is 0 Å². The monoisotopic (exact) mass is 214 g/mol. The molecule has 0 bridgehead atoms. The summed E-state index contributed by atoms with van der Waals surface area (Å²) in [5, 5.41) is 0. The molecule has 0 saturated carbocycles. The van der Waals surface area contributed by atoms with Crippen molar-refractivity contribution in [3.63, 3.8) is 0 Å². The van der Waals surface area contributed by atoms with E-state index in [2.05, 4.69) is 47.8 Å². The predicted molar refractivity (Wildman–Crippen MR) is 69.8 cm³/mol. The van der Waals surface area contributed by atoms with E-state index in [4.69, 9.17) is 0 Å². The molecule has 0 fully saturated rings. The van der Waals surface area contributed by atoms with Crippen LogP contribution in [0.5, 0.6) is 0 Å². The third-order valence-corrected chi connectivity index (χ3v) is 2.03. The van der Waals surface area contributed by atoms with E-state index >= 15 is 0 Å². The van der Waals surface area contributed by atoms with E-state index in [1.165, 1.54) is 5.56 Å².